The Morgan fingerprint density at radius 2 is 1.71 bits per heavy atom. The van der Waals surface area contributed by atoms with Gasteiger partial charge in [-0.05, 0) is 37.8 Å². The third-order valence-corrected chi connectivity index (χ3v) is 2.99. The van der Waals surface area contributed by atoms with Crippen molar-refractivity contribution in [1.29, 1.82) is 0 Å². The SMILES string of the molecule is CC(C)(C)NCC(O)COc1ccccc1C(C)(C)C.[Cl-].[H+]. The molecule has 0 bridgehead atoms. The number of benzene rings is 1. The maximum Gasteiger partial charge on any atom is 1.00 e. The third-order valence-electron chi connectivity index (χ3n) is 2.99. The van der Waals surface area contributed by atoms with Crippen LogP contribution < -0.4 is 22.5 Å². The van der Waals surface area contributed by atoms with Crippen LogP contribution in [0.2, 0.25) is 0 Å². The van der Waals surface area contributed by atoms with E-state index in [1.54, 1.807) is 0 Å². The minimum absolute atomic E-state index is 0. The standard InChI is InChI=1S/C17H29NO2.ClH/c1-16(2,3)14-9-7-8-10-15(14)20-12-13(19)11-18-17(4,5)6;/h7-10,13,18-19H,11-12H2,1-6H3;1H. The molecule has 0 fully saturated rings. The second kappa shape index (κ2) is 8.02. The number of ether oxygens (including phenoxy) is 1. The zero-order chi connectivity index (χ0) is 15.4. The Balaban J connectivity index is 0. The summed E-state index contributed by atoms with van der Waals surface area (Å²) in [7, 11) is 0. The molecule has 0 aromatic heterocycles. The molecule has 0 radical (unpaired) electrons. The van der Waals surface area contributed by atoms with E-state index in [0.717, 1.165) is 11.3 Å². The zero-order valence-electron chi connectivity index (χ0n) is 15.0. The quantitative estimate of drug-likeness (QED) is 0.817. The second-order valence-electron chi connectivity index (χ2n) is 7.34. The van der Waals surface area contributed by atoms with Crippen LogP contribution >= 0.6 is 0 Å². The molecule has 1 unspecified atom stereocenters. The Hall–Kier alpha value is -0.770. The highest BCUT2D eigenvalue weighted by Crippen LogP contribution is 2.30. The van der Waals surface area contributed by atoms with Crippen molar-refractivity contribution in [3.8, 4) is 5.75 Å². The topological polar surface area (TPSA) is 41.5 Å². The Kier molecular flexibility index (Phi) is 7.73. The molecule has 3 nitrogen and oxygen atoms in total. The Morgan fingerprint density at radius 3 is 2.24 bits per heavy atom. The average molecular weight is 316 g/mol. The van der Waals surface area contributed by atoms with Crippen LogP contribution in [0.15, 0.2) is 24.3 Å². The maximum absolute atomic E-state index is 9.98. The molecule has 0 heterocycles. The Bertz CT molecular complexity index is 427. The number of para-hydroxylation sites is 1. The highest BCUT2D eigenvalue weighted by molar-refractivity contribution is 5.38. The molecule has 1 aromatic rings. The minimum Gasteiger partial charge on any atom is -1.00 e. The van der Waals surface area contributed by atoms with Crippen LogP contribution in [-0.4, -0.2) is 29.9 Å². The lowest BCUT2D eigenvalue weighted by Gasteiger charge is -2.25. The monoisotopic (exact) mass is 315 g/mol. The van der Waals surface area contributed by atoms with Crippen LogP contribution in [-0.2, 0) is 5.41 Å². The molecule has 1 atom stereocenters. The van der Waals surface area contributed by atoms with E-state index >= 15 is 0 Å². The van der Waals surface area contributed by atoms with Crippen molar-refractivity contribution in [3.05, 3.63) is 29.8 Å². The van der Waals surface area contributed by atoms with Gasteiger partial charge in [0.15, 0.2) is 0 Å². The van der Waals surface area contributed by atoms with E-state index in [4.69, 9.17) is 4.74 Å². The van der Waals surface area contributed by atoms with Gasteiger partial charge in [-0.1, -0.05) is 39.0 Å². The summed E-state index contributed by atoms with van der Waals surface area (Å²) in [6.45, 7) is 13.5. The molecule has 122 valence electrons. The molecule has 1 rings (SSSR count). The van der Waals surface area contributed by atoms with E-state index in [1.165, 1.54) is 0 Å². The smallest absolute Gasteiger partial charge is 1.00 e. The number of nitrogens with one attached hydrogen (secondary N) is 1. The van der Waals surface area contributed by atoms with E-state index in [2.05, 4.69) is 52.9 Å². The van der Waals surface area contributed by atoms with Gasteiger partial charge in [-0.25, -0.2) is 0 Å². The van der Waals surface area contributed by atoms with Crippen molar-refractivity contribution >= 4 is 0 Å². The molecule has 0 aliphatic carbocycles. The molecule has 1 aromatic carbocycles. The zero-order valence-corrected chi connectivity index (χ0v) is 14.8. The number of β-amino-alcohol motifs (C(OH)–C–C–N with tert-alkyl or cyclic N) is 1. The largest absolute Gasteiger partial charge is 1.00 e. The molecule has 2 N–H and O–H groups in total. The van der Waals surface area contributed by atoms with Crippen LogP contribution in [0, 0.1) is 0 Å². The first-order valence-electron chi connectivity index (χ1n) is 7.25. The van der Waals surface area contributed by atoms with Gasteiger partial charge in [0.2, 0.25) is 0 Å². The van der Waals surface area contributed by atoms with Crippen LogP contribution in [0.3, 0.4) is 0 Å². The Morgan fingerprint density at radius 1 is 1.14 bits per heavy atom. The fourth-order valence-corrected chi connectivity index (χ4v) is 1.88. The van der Waals surface area contributed by atoms with Gasteiger partial charge in [0.05, 0.1) is 0 Å². The summed E-state index contributed by atoms with van der Waals surface area (Å²) < 4.78 is 5.80. The number of hydrogen-bond donors (Lipinski definition) is 2. The number of rotatable bonds is 5. The molecule has 21 heavy (non-hydrogen) atoms. The van der Waals surface area contributed by atoms with E-state index < -0.39 is 6.10 Å². The number of hydrogen-bond acceptors (Lipinski definition) is 3. The van der Waals surface area contributed by atoms with Crippen molar-refractivity contribution in [2.24, 2.45) is 0 Å². The molecule has 0 spiro atoms. The first kappa shape index (κ1) is 20.2. The molecule has 0 saturated carbocycles. The first-order chi connectivity index (χ1) is 9.09. The predicted molar refractivity (Wildman–Crippen MR) is 85.5 cm³/mol. The summed E-state index contributed by atoms with van der Waals surface area (Å²) in [6.07, 6.45) is -0.512. The van der Waals surface area contributed by atoms with Gasteiger partial charge >= 0.3 is 1.43 Å². The van der Waals surface area contributed by atoms with Crippen molar-refractivity contribution in [2.45, 2.75) is 58.6 Å². The molecule has 0 aliphatic heterocycles. The van der Waals surface area contributed by atoms with Crippen LogP contribution in [0.1, 0.15) is 48.5 Å². The van der Waals surface area contributed by atoms with Crippen molar-refractivity contribution < 1.29 is 23.7 Å². The molecular formula is C17H30ClNO2. The van der Waals surface area contributed by atoms with Gasteiger partial charge in [0, 0.05) is 12.1 Å². The van der Waals surface area contributed by atoms with Crippen molar-refractivity contribution in [3.63, 3.8) is 0 Å². The predicted octanol–water partition coefficient (Wildman–Crippen LogP) is 0.228. The molecular weight excluding hydrogens is 286 g/mol. The minimum atomic E-state index is -0.512. The maximum atomic E-state index is 9.98. The molecule has 4 heteroatoms. The first-order valence-corrected chi connectivity index (χ1v) is 7.25. The second-order valence-corrected chi connectivity index (χ2v) is 7.34. The van der Waals surface area contributed by atoms with Gasteiger partial charge in [-0.3, -0.25) is 0 Å². The summed E-state index contributed by atoms with van der Waals surface area (Å²) >= 11 is 0. The van der Waals surface area contributed by atoms with Crippen LogP contribution in [0.25, 0.3) is 0 Å². The van der Waals surface area contributed by atoms with Gasteiger partial charge in [-0.15, -0.1) is 0 Å². The summed E-state index contributed by atoms with van der Waals surface area (Å²) in [6, 6.07) is 8.02. The lowest BCUT2D eigenvalue weighted by molar-refractivity contribution is -0.00000692. The summed E-state index contributed by atoms with van der Waals surface area (Å²) in [5, 5.41) is 13.3. The van der Waals surface area contributed by atoms with E-state index in [9.17, 15) is 5.11 Å². The van der Waals surface area contributed by atoms with E-state index in [-0.39, 0.29) is 24.8 Å². The van der Waals surface area contributed by atoms with E-state index in [0.29, 0.717) is 13.2 Å². The van der Waals surface area contributed by atoms with Crippen LogP contribution in [0.5, 0.6) is 5.75 Å². The normalized spacial score (nSPS) is 13.5. The molecule has 0 saturated heterocycles. The summed E-state index contributed by atoms with van der Waals surface area (Å²) in [5.41, 5.74) is 1.20. The summed E-state index contributed by atoms with van der Waals surface area (Å²) in [5.74, 6) is 0.856. The highest BCUT2D eigenvalue weighted by atomic mass is 35.5. The number of aliphatic hydroxyl groups excluding tert-OH is 1. The molecule has 0 amide bonds. The number of aliphatic hydroxyl groups is 1. The lowest BCUT2D eigenvalue weighted by Crippen LogP contribution is -3.00. The van der Waals surface area contributed by atoms with Gasteiger partial charge in [0.1, 0.15) is 18.5 Å². The van der Waals surface area contributed by atoms with Crippen molar-refractivity contribution in [2.75, 3.05) is 13.2 Å². The molecule has 0 aliphatic rings. The van der Waals surface area contributed by atoms with Gasteiger partial charge < -0.3 is 27.6 Å². The highest BCUT2D eigenvalue weighted by Gasteiger charge is 2.19. The van der Waals surface area contributed by atoms with Gasteiger partial charge in [0.25, 0.3) is 0 Å². The summed E-state index contributed by atoms with van der Waals surface area (Å²) in [4.78, 5) is 0. The average Bonchev–Trinajstić information content (AvgIpc) is 2.32. The fourth-order valence-electron chi connectivity index (χ4n) is 1.88. The Labute approximate surface area is 137 Å². The van der Waals surface area contributed by atoms with Crippen LogP contribution in [0.4, 0.5) is 0 Å². The fraction of sp³-hybridized carbons (Fsp3) is 0.647. The van der Waals surface area contributed by atoms with E-state index in [1.807, 2.05) is 18.2 Å². The van der Waals surface area contributed by atoms with Gasteiger partial charge in [-0.2, -0.15) is 0 Å². The third kappa shape index (κ3) is 7.70. The van der Waals surface area contributed by atoms with Crippen molar-refractivity contribution in [1.82, 2.24) is 5.32 Å². The number of halogens is 1. The lowest BCUT2D eigenvalue weighted by atomic mass is 9.86.